The number of aromatic hydroxyl groups is 2. The number of aryl methyl sites for hydroxylation is 1. The van der Waals surface area contributed by atoms with E-state index in [-0.39, 0.29) is 35.5 Å². The van der Waals surface area contributed by atoms with Crippen molar-refractivity contribution in [3.63, 3.8) is 0 Å². The van der Waals surface area contributed by atoms with E-state index in [1.807, 2.05) is 30.3 Å². The monoisotopic (exact) mass is 827 g/mol. The van der Waals surface area contributed by atoms with Crippen LogP contribution in [-0.2, 0) is 31.0 Å². The van der Waals surface area contributed by atoms with Gasteiger partial charge in [-0.3, -0.25) is 24.0 Å². The minimum absolute atomic E-state index is 0.0397. The summed E-state index contributed by atoms with van der Waals surface area (Å²) in [5.41, 5.74) is -8.68. The molecule has 17 heteroatoms. The second-order valence-corrected chi connectivity index (χ2v) is 15.7. The number of carbonyl (C=O) groups excluding carboxylic acids is 5. The van der Waals surface area contributed by atoms with Crippen LogP contribution in [0.3, 0.4) is 0 Å². The molecule has 60 heavy (non-hydrogen) atoms. The largest absolute Gasteiger partial charge is 0.507 e. The van der Waals surface area contributed by atoms with Gasteiger partial charge in [-0.1, -0.05) is 24.3 Å². The molecule has 1 amide bonds. The highest BCUT2D eigenvalue weighted by Gasteiger charge is 2.72. The Morgan fingerprint density at radius 3 is 2.18 bits per heavy atom. The number of aliphatic hydroxyl groups excluding tert-OH is 2. The molecule has 17 nitrogen and oxygen atoms in total. The van der Waals surface area contributed by atoms with Crippen LogP contribution in [0.5, 0.6) is 11.5 Å². The van der Waals surface area contributed by atoms with Gasteiger partial charge in [-0.2, -0.15) is 0 Å². The van der Waals surface area contributed by atoms with E-state index in [4.69, 9.17) is 18.9 Å². The number of phenols is 2. The molecule has 3 aromatic carbocycles. The van der Waals surface area contributed by atoms with E-state index in [1.54, 1.807) is 13.8 Å². The number of amides is 1. The van der Waals surface area contributed by atoms with Gasteiger partial charge in [0.1, 0.15) is 29.8 Å². The fourth-order valence-electron chi connectivity index (χ4n) is 9.72. The summed E-state index contributed by atoms with van der Waals surface area (Å²) in [4.78, 5) is 75.5. The predicted molar refractivity (Wildman–Crippen MR) is 209 cm³/mol. The zero-order valence-corrected chi connectivity index (χ0v) is 33.4. The topological polar surface area (TPSA) is 242 Å². The standard InChI is InChI=1S/C43H45N3O14/c1-19-15-21-16-27(48)43(59-5)39(54)30-24(17-23-29(33(30)50)26(47)18-25(32(23)49)44-40-37(58-4)35(52)36(57-3)20(2)60-40)38(53)42(43,56)31(21)34(51)28(19)41(55)46-13-11-45(12-14-46)22-9-7-6-8-10-22/h6-10,15,17-18,20,27,35-37,40,44,48,50-52,56H,11-14,16H2,1-5H3/t20-,27+,35+,36-,37+,40?,42-,43+/m0/s1. The van der Waals surface area contributed by atoms with Gasteiger partial charge in [-0.15, -0.1) is 0 Å². The van der Waals surface area contributed by atoms with Gasteiger partial charge in [0, 0.05) is 82.4 Å². The van der Waals surface area contributed by atoms with Crippen LogP contribution in [0.1, 0.15) is 75.4 Å². The minimum Gasteiger partial charge on any atom is -0.507 e. The number of fused-ring (bicyclic) bond motifs is 5. The molecule has 0 bridgehead atoms. The van der Waals surface area contributed by atoms with Crippen LogP contribution in [0.25, 0.3) is 0 Å². The first-order valence-electron chi connectivity index (χ1n) is 19.4. The quantitative estimate of drug-likeness (QED) is 0.194. The van der Waals surface area contributed by atoms with Gasteiger partial charge >= 0.3 is 0 Å². The Morgan fingerprint density at radius 2 is 1.55 bits per heavy atom. The maximum Gasteiger partial charge on any atom is 0.258 e. The maximum atomic E-state index is 15.0. The van der Waals surface area contributed by atoms with Crippen LogP contribution in [0.15, 0.2) is 54.2 Å². The molecule has 2 saturated heterocycles. The number of ether oxygens (including phenoxy) is 4. The molecule has 2 fully saturated rings. The molecule has 3 aromatic rings. The number of hydrogen-bond acceptors (Lipinski definition) is 16. The fourth-order valence-corrected chi connectivity index (χ4v) is 9.72. The Balaban J connectivity index is 1.19. The molecular formula is C43H45N3O14. The third-order valence-electron chi connectivity index (χ3n) is 12.7. The van der Waals surface area contributed by atoms with Crippen LogP contribution in [0, 0.1) is 6.92 Å². The van der Waals surface area contributed by atoms with E-state index in [2.05, 4.69) is 10.2 Å². The lowest BCUT2D eigenvalue weighted by molar-refractivity contribution is -0.236. The molecule has 3 aliphatic carbocycles. The first kappa shape index (κ1) is 41.2. The third-order valence-corrected chi connectivity index (χ3v) is 12.7. The Labute approximate surface area is 343 Å². The normalized spacial score (nSPS) is 30.0. The lowest BCUT2D eigenvalue weighted by Gasteiger charge is -2.53. The van der Waals surface area contributed by atoms with Crippen molar-refractivity contribution in [2.45, 2.75) is 68.2 Å². The van der Waals surface area contributed by atoms with E-state index in [0.717, 1.165) is 24.9 Å². The molecule has 6 N–H and O–H groups in total. The molecule has 0 spiro atoms. The van der Waals surface area contributed by atoms with E-state index >= 15 is 4.79 Å². The molecule has 0 radical (unpaired) electrons. The number of para-hydroxylation sites is 1. The van der Waals surface area contributed by atoms with Gasteiger partial charge in [0.05, 0.1) is 34.6 Å². The van der Waals surface area contributed by atoms with Gasteiger partial charge in [-0.25, -0.2) is 0 Å². The van der Waals surface area contributed by atoms with Gasteiger partial charge < -0.3 is 59.6 Å². The highest BCUT2D eigenvalue weighted by atomic mass is 16.6. The highest BCUT2D eigenvalue weighted by molar-refractivity contribution is 6.31. The van der Waals surface area contributed by atoms with Crippen molar-refractivity contribution in [2.24, 2.45) is 0 Å². The summed E-state index contributed by atoms with van der Waals surface area (Å²) in [7, 11) is 3.64. The number of methoxy groups -OCH3 is 3. The first-order valence-corrected chi connectivity index (χ1v) is 19.4. The number of rotatable bonds is 7. The van der Waals surface area contributed by atoms with Crippen LogP contribution in [-0.4, -0.2) is 149 Å². The van der Waals surface area contributed by atoms with Crippen molar-refractivity contribution in [1.82, 2.24) is 10.2 Å². The number of nitrogens with one attached hydrogen (secondary N) is 1. The number of nitrogens with zero attached hydrogens (tertiary/aromatic N) is 2. The first-order chi connectivity index (χ1) is 28.6. The summed E-state index contributed by atoms with van der Waals surface area (Å²) in [6, 6.07) is 12.0. The summed E-state index contributed by atoms with van der Waals surface area (Å²) in [5, 5.41) is 62.0. The van der Waals surface area contributed by atoms with E-state index < -0.39 is 123 Å². The zero-order valence-electron chi connectivity index (χ0n) is 33.4. The van der Waals surface area contributed by atoms with Crippen molar-refractivity contribution in [3.05, 3.63) is 98.7 Å². The number of piperazine rings is 1. The SMILES string of the molecule is CO[C@@H]1[C@@H](O)[C@@H](OC)C(NC2=CC(=O)c3c(cc4c(c3O)C(=O)[C@]3(OC)[C@H](O)Cc5cc(C)c(C(=O)N6CCN(c7ccccc7)CC6)c(O)c5[C@]3(O)C4=O)C2=O)O[C@H]1C. The van der Waals surface area contributed by atoms with E-state index in [9.17, 15) is 44.7 Å². The van der Waals surface area contributed by atoms with Crippen LogP contribution in [0.2, 0.25) is 0 Å². The van der Waals surface area contributed by atoms with Gasteiger partial charge in [0.25, 0.3) is 5.91 Å². The van der Waals surface area contributed by atoms with Crippen molar-refractivity contribution in [3.8, 4) is 11.5 Å². The molecule has 2 aliphatic heterocycles. The van der Waals surface area contributed by atoms with Crippen molar-refractivity contribution >= 4 is 34.7 Å². The molecule has 316 valence electrons. The number of aliphatic hydroxyl groups is 3. The minimum atomic E-state index is -3.23. The second-order valence-electron chi connectivity index (χ2n) is 15.7. The maximum absolute atomic E-state index is 15.0. The van der Waals surface area contributed by atoms with Gasteiger partial charge in [0.2, 0.25) is 17.3 Å². The number of benzene rings is 3. The summed E-state index contributed by atoms with van der Waals surface area (Å²) < 4.78 is 22.3. The number of anilines is 1. The Bertz CT molecular complexity index is 2380. The molecule has 1 unspecified atom stereocenters. The summed E-state index contributed by atoms with van der Waals surface area (Å²) >= 11 is 0. The average molecular weight is 828 g/mol. The molecule has 5 aliphatic rings. The number of hydrogen-bond donors (Lipinski definition) is 6. The lowest BCUT2D eigenvalue weighted by atomic mass is 9.56. The Hall–Kier alpha value is -5.53. The number of carbonyl (C=O) groups is 5. The average Bonchev–Trinajstić information content (AvgIpc) is 3.22. The molecule has 8 atom stereocenters. The van der Waals surface area contributed by atoms with Gasteiger partial charge in [-0.05, 0) is 43.2 Å². The molecule has 0 aromatic heterocycles. The van der Waals surface area contributed by atoms with Crippen LogP contribution < -0.4 is 10.2 Å². The fraction of sp³-hybridized carbons (Fsp3) is 0.419. The third kappa shape index (κ3) is 5.68. The predicted octanol–water partition coefficient (Wildman–Crippen LogP) is 0.926. The number of Topliss-reactive ketones (excluding diaryl/α,β-unsaturated/α-hetero) is 3. The summed E-state index contributed by atoms with van der Waals surface area (Å²) in [6.45, 7) is 4.68. The lowest BCUT2D eigenvalue weighted by Crippen LogP contribution is -2.73. The Kier molecular flexibility index (Phi) is 10.2. The Morgan fingerprint density at radius 1 is 0.883 bits per heavy atom. The second kappa shape index (κ2) is 14.9. The van der Waals surface area contributed by atoms with Crippen LogP contribution in [0.4, 0.5) is 5.69 Å². The van der Waals surface area contributed by atoms with E-state index in [1.165, 1.54) is 25.2 Å². The van der Waals surface area contributed by atoms with Crippen molar-refractivity contribution in [1.29, 1.82) is 0 Å². The summed E-state index contributed by atoms with van der Waals surface area (Å²) in [5.74, 6) is -7.05. The number of phenolic OH excluding ortho intramolecular Hbond substituents is 2. The van der Waals surface area contributed by atoms with Crippen molar-refractivity contribution in [2.75, 3.05) is 52.4 Å². The summed E-state index contributed by atoms with van der Waals surface area (Å²) in [6.07, 6.45) is -6.54. The molecule has 0 saturated carbocycles. The molecular weight excluding hydrogens is 782 g/mol. The number of allylic oxidation sites excluding steroid dienone is 2. The van der Waals surface area contributed by atoms with Gasteiger partial charge in [0.15, 0.2) is 23.2 Å². The molecule has 8 rings (SSSR count). The molecule has 2 heterocycles. The smallest absolute Gasteiger partial charge is 0.258 e. The van der Waals surface area contributed by atoms with Crippen molar-refractivity contribution < 1.29 is 68.5 Å². The zero-order chi connectivity index (χ0) is 43.2. The van der Waals surface area contributed by atoms with E-state index in [0.29, 0.717) is 13.1 Å². The highest BCUT2D eigenvalue weighted by Crippen LogP contribution is 2.56. The number of ketones is 4. The van der Waals surface area contributed by atoms with Crippen LogP contribution >= 0.6 is 0 Å².